The summed E-state index contributed by atoms with van der Waals surface area (Å²) >= 11 is 1.27. The molecule has 0 bridgehead atoms. The Bertz CT molecular complexity index is 1070. The zero-order chi connectivity index (χ0) is 21.5. The third-order valence-corrected chi connectivity index (χ3v) is 4.92. The molecular formula is C21H16FN3O4S. The molecule has 7 nitrogen and oxygen atoms in total. The number of nitro groups is 1. The molecule has 2 amide bonds. The number of nitrogens with one attached hydrogen (secondary N) is 2. The zero-order valence-electron chi connectivity index (χ0n) is 15.5. The van der Waals surface area contributed by atoms with Gasteiger partial charge in [-0.15, -0.1) is 11.8 Å². The Morgan fingerprint density at radius 3 is 2.30 bits per heavy atom. The van der Waals surface area contributed by atoms with Crippen molar-refractivity contribution in [3.05, 3.63) is 94.3 Å². The van der Waals surface area contributed by atoms with Crippen LogP contribution in [0.1, 0.15) is 10.4 Å². The number of nitro benzene ring substituents is 1. The van der Waals surface area contributed by atoms with Crippen molar-refractivity contribution in [1.82, 2.24) is 0 Å². The molecule has 3 aromatic rings. The lowest BCUT2D eigenvalue weighted by atomic mass is 10.2. The van der Waals surface area contributed by atoms with Gasteiger partial charge in [0.2, 0.25) is 5.91 Å². The zero-order valence-corrected chi connectivity index (χ0v) is 16.3. The summed E-state index contributed by atoms with van der Waals surface area (Å²) in [6, 6.07) is 17.8. The van der Waals surface area contributed by atoms with E-state index in [9.17, 15) is 24.1 Å². The molecule has 0 spiro atoms. The normalized spacial score (nSPS) is 10.3. The van der Waals surface area contributed by atoms with Gasteiger partial charge in [0.1, 0.15) is 5.82 Å². The van der Waals surface area contributed by atoms with Crippen LogP contribution in [-0.2, 0) is 4.79 Å². The summed E-state index contributed by atoms with van der Waals surface area (Å²) in [6.45, 7) is 0. The van der Waals surface area contributed by atoms with Gasteiger partial charge in [0.05, 0.1) is 10.7 Å². The number of halogens is 1. The van der Waals surface area contributed by atoms with Crippen molar-refractivity contribution in [2.45, 2.75) is 4.90 Å². The Labute approximate surface area is 175 Å². The van der Waals surface area contributed by atoms with Gasteiger partial charge in [-0.05, 0) is 54.6 Å². The molecule has 0 radical (unpaired) electrons. The van der Waals surface area contributed by atoms with Gasteiger partial charge in [-0.1, -0.05) is 6.07 Å². The monoisotopic (exact) mass is 425 g/mol. The number of hydrogen-bond donors (Lipinski definition) is 2. The quantitative estimate of drug-likeness (QED) is 0.324. The third-order valence-electron chi connectivity index (χ3n) is 3.93. The van der Waals surface area contributed by atoms with E-state index in [1.54, 1.807) is 24.3 Å². The topological polar surface area (TPSA) is 101 Å². The number of thioether (sulfide) groups is 1. The first kappa shape index (κ1) is 21.0. The molecule has 0 aromatic heterocycles. The van der Waals surface area contributed by atoms with Gasteiger partial charge in [0.15, 0.2) is 0 Å². The molecule has 152 valence electrons. The highest BCUT2D eigenvalue weighted by Gasteiger charge is 2.09. The van der Waals surface area contributed by atoms with Gasteiger partial charge >= 0.3 is 0 Å². The smallest absolute Gasteiger partial charge is 0.269 e. The van der Waals surface area contributed by atoms with E-state index < -0.39 is 10.7 Å². The maximum Gasteiger partial charge on any atom is 0.269 e. The van der Waals surface area contributed by atoms with E-state index in [1.165, 1.54) is 60.3 Å². The molecule has 0 saturated heterocycles. The van der Waals surface area contributed by atoms with Crippen molar-refractivity contribution in [1.29, 1.82) is 0 Å². The molecule has 0 fully saturated rings. The van der Waals surface area contributed by atoms with Crippen LogP contribution in [0.15, 0.2) is 77.7 Å². The minimum Gasteiger partial charge on any atom is -0.325 e. The number of benzene rings is 3. The van der Waals surface area contributed by atoms with Gasteiger partial charge in [-0.3, -0.25) is 19.7 Å². The van der Waals surface area contributed by atoms with Crippen molar-refractivity contribution < 1.29 is 18.9 Å². The number of hydrogen-bond acceptors (Lipinski definition) is 5. The molecule has 0 heterocycles. The predicted molar refractivity (Wildman–Crippen MR) is 113 cm³/mol. The standard InChI is InChI=1S/C21H16FN3O4S/c22-15-6-4-14(5-7-15)21(27)24-17-2-1-3-19(12-17)30-13-20(26)23-16-8-10-18(11-9-16)25(28)29/h1-12H,13H2,(H,23,26)(H,24,27). The summed E-state index contributed by atoms with van der Waals surface area (Å²) in [7, 11) is 0. The van der Waals surface area contributed by atoms with Gasteiger partial charge in [-0.2, -0.15) is 0 Å². The average molecular weight is 425 g/mol. The molecular weight excluding hydrogens is 409 g/mol. The van der Waals surface area contributed by atoms with Crippen molar-refractivity contribution in [2.24, 2.45) is 0 Å². The van der Waals surface area contributed by atoms with Crippen LogP contribution < -0.4 is 10.6 Å². The molecule has 3 rings (SSSR count). The van der Waals surface area contributed by atoms with E-state index in [0.29, 0.717) is 16.9 Å². The van der Waals surface area contributed by atoms with Gasteiger partial charge in [0, 0.05) is 34.0 Å². The number of rotatable bonds is 7. The van der Waals surface area contributed by atoms with Gasteiger partial charge in [0.25, 0.3) is 11.6 Å². The molecule has 0 aliphatic carbocycles. The van der Waals surface area contributed by atoms with Crippen LogP contribution in [0.5, 0.6) is 0 Å². The molecule has 0 aliphatic heterocycles. The van der Waals surface area contributed by atoms with Crippen molar-refractivity contribution in [2.75, 3.05) is 16.4 Å². The summed E-state index contributed by atoms with van der Waals surface area (Å²) < 4.78 is 13.0. The van der Waals surface area contributed by atoms with E-state index in [-0.39, 0.29) is 23.3 Å². The van der Waals surface area contributed by atoms with Gasteiger partial charge in [-0.25, -0.2) is 4.39 Å². The number of carbonyl (C=O) groups is 2. The number of nitrogens with zero attached hydrogens (tertiary/aromatic N) is 1. The first-order chi connectivity index (χ1) is 14.4. The summed E-state index contributed by atoms with van der Waals surface area (Å²) in [5, 5.41) is 16.1. The van der Waals surface area contributed by atoms with E-state index in [1.807, 2.05) is 0 Å². The van der Waals surface area contributed by atoms with Crippen LogP contribution in [0.4, 0.5) is 21.5 Å². The molecule has 2 N–H and O–H groups in total. The Hall–Kier alpha value is -3.72. The summed E-state index contributed by atoms with van der Waals surface area (Å²) in [4.78, 5) is 35.3. The maximum absolute atomic E-state index is 13.0. The molecule has 3 aromatic carbocycles. The number of carbonyl (C=O) groups excluding carboxylic acids is 2. The fraction of sp³-hybridized carbons (Fsp3) is 0.0476. The van der Waals surface area contributed by atoms with Crippen molar-refractivity contribution in [3.8, 4) is 0 Å². The van der Waals surface area contributed by atoms with E-state index in [4.69, 9.17) is 0 Å². The fourth-order valence-corrected chi connectivity index (χ4v) is 3.24. The molecule has 0 aliphatic rings. The molecule has 9 heteroatoms. The van der Waals surface area contributed by atoms with Crippen LogP contribution in [-0.4, -0.2) is 22.5 Å². The van der Waals surface area contributed by atoms with Crippen LogP contribution in [0, 0.1) is 15.9 Å². The van der Waals surface area contributed by atoms with Crippen molar-refractivity contribution >= 4 is 40.6 Å². The molecule has 0 saturated carbocycles. The fourth-order valence-electron chi connectivity index (χ4n) is 2.48. The minimum atomic E-state index is -0.511. The first-order valence-electron chi connectivity index (χ1n) is 8.75. The highest BCUT2D eigenvalue weighted by atomic mass is 32.2. The molecule has 0 unspecified atom stereocenters. The predicted octanol–water partition coefficient (Wildman–Crippen LogP) is 4.72. The van der Waals surface area contributed by atoms with Crippen LogP contribution in [0.3, 0.4) is 0 Å². The van der Waals surface area contributed by atoms with Crippen molar-refractivity contribution in [3.63, 3.8) is 0 Å². The Kier molecular flexibility index (Phi) is 6.76. The van der Waals surface area contributed by atoms with E-state index >= 15 is 0 Å². The third kappa shape index (κ3) is 5.89. The van der Waals surface area contributed by atoms with Crippen LogP contribution in [0.2, 0.25) is 0 Å². The number of non-ortho nitro benzene ring substituents is 1. The summed E-state index contributed by atoms with van der Waals surface area (Å²) in [5.74, 6) is -0.938. The summed E-state index contributed by atoms with van der Waals surface area (Å²) in [6.07, 6.45) is 0. The number of anilines is 2. The SMILES string of the molecule is O=C(CSc1cccc(NC(=O)c2ccc(F)cc2)c1)Nc1ccc([N+](=O)[O-])cc1. The lowest BCUT2D eigenvalue weighted by molar-refractivity contribution is -0.384. The summed E-state index contributed by atoms with van der Waals surface area (Å²) in [5.41, 5.74) is 1.29. The van der Waals surface area contributed by atoms with E-state index in [2.05, 4.69) is 10.6 Å². The Balaban J connectivity index is 1.54. The highest BCUT2D eigenvalue weighted by molar-refractivity contribution is 8.00. The minimum absolute atomic E-state index is 0.0538. The van der Waals surface area contributed by atoms with E-state index in [0.717, 1.165) is 4.90 Å². The lowest BCUT2D eigenvalue weighted by Crippen LogP contribution is -2.14. The largest absolute Gasteiger partial charge is 0.325 e. The maximum atomic E-state index is 13.0. The first-order valence-corrected chi connectivity index (χ1v) is 9.73. The van der Waals surface area contributed by atoms with Gasteiger partial charge < -0.3 is 10.6 Å². The number of amides is 2. The second-order valence-corrected chi connectivity index (χ2v) is 7.18. The molecule has 30 heavy (non-hydrogen) atoms. The van der Waals surface area contributed by atoms with Crippen LogP contribution in [0.25, 0.3) is 0 Å². The second-order valence-electron chi connectivity index (χ2n) is 6.13. The lowest BCUT2D eigenvalue weighted by Gasteiger charge is -2.08. The van der Waals surface area contributed by atoms with Crippen LogP contribution >= 0.6 is 11.8 Å². The Morgan fingerprint density at radius 2 is 1.63 bits per heavy atom. The Morgan fingerprint density at radius 1 is 0.933 bits per heavy atom. The average Bonchev–Trinajstić information content (AvgIpc) is 2.73. The molecule has 0 atom stereocenters. The second kappa shape index (κ2) is 9.66. The highest BCUT2D eigenvalue weighted by Crippen LogP contribution is 2.23.